The van der Waals surface area contributed by atoms with Gasteiger partial charge in [-0.25, -0.2) is 4.39 Å². The van der Waals surface area contributed by atoms with E-state index >= 15 is 0 Å². The fourth-order valence-corrected chi connectivity index (χ4v) is 1.54. The number of benzene rings is 1. The zero-order valence-corrected chi connectivity index (χ0v) is 11.8. The molecule has 1 heteroatoms. The summed E-state index contributed by atoms with van der Waals surface area (Å²) in [6.07, 6.45) is 6.30. The lowest BCUT2D eigenvalue weighted by atomic mass is 10.0. The second kappa shape index (κ2) is 10.3. The molecule has 0 saturated carbocycles. The Bertz CT molecular complexity index is 281. The van der Waals surface area contributed by atoms with Crippen LogP contribution in [-0.2, 0) is 6.42 Å². The predicted octanol–water partition coefficient (Wildman–Crippen LogP) is 5.61. The van der Waals surface area contributed by atoms with Gasteiger partial charge < -0.3 is 0 Å². The molecule has 17 heavy (non-hydrogen) atoms. The first kappa shape index (κ1) is 16.1. The van der Waals surface area contributed by atoms with E-state index in [1.54, 1.807) is 12.1 Å². The van der Waals surface area contributed by atoms with E-state index < -0.39 is 0 Å². The monoisotopic (exact) mass is 238 g/mol. The summed E-state index contributed by atoms with van der Waals surface area (Å²) in [7, 11) is 0. The third-order valence-electron chi connectivity index (χ3n) is 3.09. The van der Waals surface area contributed by atoms with Gasteiger partial charge in [-0.15, -0.1) is 0 Å². The van der Waals surface area contributed by atoms with Gasteiger partial charge in [0, 0.05) is 0 Å². The first-order valence-electron chi connectivity index (χ1n) is 6.89. The molecule has 0 spiro atoms. The van der Waals surface area contributed by atoms with Crippen molar-refractivity contribution in [3.8, 4) is 0 Å². The van der Waals surface area contributed by atoms with Gasteiger partial charge in [0.2, 0.25) is 0 Å². The van der Waals surface area contributed by atoms with Crippen LogP contribution in [0.4, 0.5) is 4.39 Å². The van der Waals surface area contributed by atoms with Crippen molar-refractivity contribution in [2.45, 2.75) is 59.8 Å². The fourth-order valence-electron chi connectivity index (χ4n) is 1.54. The third-order valence-corrected chi connectivity index (χ3v) is 3.09. The molecule has 0 N–H and O–H groups in total. The summed E-state index contributed by atoms with van der Waals surface area (Å²) in [6, 6.07) is 6.84. The van der Waals surface area contributed by atoms with Gasteiger partial charge in [0.25, 0.3) is 0 Å². The van der Waals surface area contributed by atoms with Crippen molar-refractivity contribution < 1.29 is 4.39 Å². The maximum Gasteiger partial charge on any atom is 0.126 e. The molecule has 0 saturated heterocycles. The number of hydrogen-bond donors (Lipinski definition) is 0. The zero-order valence-electron chi connectivity index (χ0n) is 11.8. The molecule has 1 aromatic carbocycles. The Kier molecular flexibility index (Phi) is 9.80. The molecule has 0 aromatic heterocycles. The van der Waals surface area contributed by atoms with E-state index in [1.807, 2.05) is 13.0 Å². The SMILES string of the molecule is CCCCC(C)CC.CCc1ccccc1F. The van der Waals surface area contributed by atoms with Crippen LogP contribution in [0.3, 0.4) is 0 Å². The molecule has 1 aromatic rings. The molecule has 98 valence electrons. The van der Waals surface area contributed by atoms with Gasteiger partial charge in [0.1, 0.15) is 5.82 Å². The Balaban J connectivity index is 0.000000304. The van der Waals surface area contributed by atoms with E-state index in [1.165, 1.54) is 31.7 Å². The number of hydrogen-bond acceptors (Lipinski definition) is 0. The van der Waals surface area contributed by atoms with E-state index in [2.05, 4.69) is 20.8 Å². The van der Waals surface area contributed by atoms with Gasteiger partial charge in [-0.2, -0.15) is 0 Å². The lowest BCUT2D eigenvalue weighted by Gasteiger charge is -2.04. The maximum atomic E-state index is 12.6. The average Bonchev–Trinajstić information content (AvgIpc) is 2.37. The first-order chi connectivity index (χ1) is 8.15. The highest BCUT2D eigenvalue weighted by atomic mass is 19.1. The minimum Gasteiger partial charge on any atom is -0.207 e. The topological polar surface area (TPSA) is 0 Å². The molecule has 0 amide bonds. The van der Waals surface area contributed by atoms with E-state index in [0.29, 0.717) is 0 Å². The van der Waals surface area contributed by atoms with Crippen LogP contribution in [0.15, 0.2) is 24.3 Å². The summed E-state index contributed by atoms with van der Waals surface area (Å²) in [5, 5.41) is 0. The molecule has 1 rings (SSSR count). The van der Waals surface area contributed by atoms with Gasteiger partial charge in [-0.1, -0.05) is 71.6 Å². The van der Waals surface area contributed by atoms with E-state index in [4.69, 9.17) is 0 Å². The number of rotatable bonds is 5. The molecule has 1 atom stereocenters. The minimum absolute atomic E-state index is 0.0972. The molecular weight excluding hydrogens is 211 g/mol. The van der Waals surface area contributed by atoms with Crippen molar-refractivity contribution in [3.05, 3.63) is 35.6 Å². The van der Waals surface area contributed by atoms with Crippen molar-refractivity contribution in [1.82, 2.24) is 0 Å². The van der Waals surface area contributed by atoms with Crippen molar-refractivity contribution in [2.75, 3.05) is 0 Å². The maximum absolute atomic E-state index is 12.6. The summed E-state index contributed by atoms with van der Waals surface area (Å²) in [5.41, 5.74) is 0.789. The van der Waals surface area contributed by atoms with Crippen LogP contribution in [0.1, 0.15) is 58.9 Å². The Labute approximate surface area is 106 Å². The van der Waals surface area contributed by atoms with Crippen LogP contribution < -0.4 is 0 Å². The third kappa shape index (κ3) is 7.95. The predicted molar refractivity (Wildman–Crippen MR) is 74.8 cm³/mol. The van der Waals surface area contributed by atoms with Gasteiger partial charge in [0.05, 0.1) is 0 Å². The fraction of sp³-hybridized carbons (Fsp3) is 0.625. The number of unbranched alkanes of at least 4 members (excludes halogenated alkanes) is 1. The molecule has 0 fully saturated rings. The molecule has 0 heterocycles. The Morgan fingerprint density at radius 3 is 2.18 bits per heavy atom. The number of aryl methyl sites for hydroxylation is 1. The minimum atomic E-state index is -0.0972. The van der Waals surface area contributed by atoms with E-state index in [0.717, 1.165) is 17.9 Å². The second-order valence-corrected chi connectivity index (χ2v) is 4.60. The van der Waals surface area contributed by atoms with Gasteiger partial charge in [-0.05, 0) is 24.0 Å². The van der Waals surface area contributed by atoms with Crippen LogP contribution in [0, 0.1) is 11.7 Å². The summed E-state index contributed by atoms with van der Waals surface area (Å²) in [6.45, 7) is 8.79. The van der Waals surface area contributed by atoms with E-state index in [9.17, 15) is 4.39 Å². The summed E-state index contributed by atoms with van der Waals surface area (Å²) < 4.78 is 12.6. The van der Waals surface area contributed by atoms with Crippen molar-refractivity contribution in [2.24, 2.45) is 5.92 Å². The molecule has 0 radical (unpaired) electrons. The summed E-state index contributed by atoms with van der Waals surface area (Å²) >= 11 is 0. The van der Waals surface area contributed by atoms with Crippen LogP contribution >= 0.6 is 0 Å². The van der Waals surface area contributed by atoms with Crippen LogP contribution in [0.5, 0.6) is 0 Å². The molecular formula is C16H27F. The quantitative estimate of drug-likeness (QED) is 0.625. The first-order valence-corrected chi connectivity index (χ1v) is 6.89. The average molecular weight is 238 g/mol. The van der Waals surface area contributed by atoms with Gasteiger partial charge >= 0.3 is 0 Å². The number of halogens is 1. The van der Waals surface area contributed by atoms with Crippen molar-refractivity contribution in [3.63, 3.8) is 0 Å². The standard InChI is InChI=1S/C8H9F.C8H18/c1-2-7-5-3-4-6-8(7)9;1-4-6-7-8(3)5-2/h3-6H,2H2,1H3;8H,4-7H2,1-3H3. The molecule has 0 aliphatic heterocycles. The second-order valence-electron chi connectivity index (χ2n) is 4.60. The largest absolute Gasteiger partial charge is 0.207 e. The van der Waals surface area contributed by atoms with Crippen molar-refractivity contribution >= 4 is 0 Å². The molecule has 1 unspecified atom stereocenters. The smallest absolute Gasteiger partial charge is 0.126 e. The van der Waals surface area contributed by atoms with Gasteiger partial charge in [0.15, 0.2) is 0 Å². The highest BCUT2D eigenvalue weighted by Gasteiger charge is 1.95. The summed E-state index contributed by atoms with van der Waals surface area (Å²) in [5.74, 6) is 0.856. The summed E-state index contributed by atoms with van der Waals surface area (Å²) in [4.78, 5) is 0. The molecule has 0 nitrogen and oxygen atoms in total. The molecule has 0 bridgehead atoms. The van der Waals surface area contributed by atoms with Crippen LogP contribution in [0.25, 0.3) is 0 Å². The molecule has 0 aliphatic rings. The van der Waals surface area contributed by atoms with Crippen LogP contribution in [-0.4, -0.2) is 0 Å². The Hall–Kier alpha value is -0.850. The van der Waals surface area contributed by atoms with Crippen molar-refractivity contribution in [1.29, 1.82) is 0 Å². The highest BCUT2D eigenvalue weighted by molar-refractivity contribution is 5.16. The normalized spacial score (nSPS) is 11.6. The lowest BCUT2D eigenvalue weighted by molar-refractivity contribution is 0.492. The van der Waals surface area contributed by atoms with E-state index in [-0.39, 0.29) is 5.82 Å². The Morgan fingerprint density at radius 2 is 1.76 bits per heavy atom. The van der Waals surface area contributed by atoms with Gasteiger partial charge in [-0.3, -0.25) is 0 Å². The lowest BCUT2D eigenvalue weighted by Crippen LogP contribution is -1.89. The highest BCUT2D eigenvalue weighted by Crippen LogP contribution is 2.09. The zero-order chi connectivity index (χ0) is 13.1. The van der Waals surface area contributed by atoms with Crippen LogP contribution in [0.2, 0.25) is 0 Å². The molecule has 0 aliphatic carbocycles. The Morgan fingerprint density at radius 1 is 1.12 bits per heavy atom.